The van der Waals surface area contributed by atoms with Gasteiger partial charge in [-0.05, 0) is 49.4 Å². The van der Waals surface area contributed by atoms with Crippen molar-refractivity contribution in [1.82, 2.24) is 0 Å². The highest BCUT2D eigenvalue weighted by Crippen LogP contribution is 2.27. The molecule has 0 heterocycles. The molecule has 0 radical (unpaired) electrons. The van der Waals surface area contributed by atoms with Crippen molar-refractivity contribution in [2.45, 2.75) is 6.92 Å². The molecule has 0 aliphatic heterocycles. The maximum atomic E-state index is 12.0. The number of benzene rings is 2. The molecule has 2 rings (SSSR count). The first-order chi connectivity index (χ1) is 11.7. The molecule has 1 N–H and O–H groups in total. The number of hydrogen-bond donors (Lipinski definition) is 1. The minimum absolute atomic E-state index is 0.177. The van der Waals surface area contributed by atoms with E-state index in [2.05, 4.69) is 5.32 Å². The maximum absolute atomic E-state index is 12.0. The van der Waals surface area contributed by atoms with E-state index in [9.17, 15) is 9.59 Å². The van der Waals surface area contributed by atoms with Gasteiger partial charge in [-0.25, -0.2) is 0 Å². The van der Waals surface area contributed by atoms with Gasteiger partial charge in [0.1, 0.15) is 12.0 Å². The summed E-state index contributed by atoms with van der Waals surface area (Å²) < 4.78 is 15.9. The molecule has 24 heavy (non-hydrogen) atoms. The first-order valence-corrected chi connectivity index (χ1v) is 7.45. The van der Waals surface area contributed by atoms with Gasteiger partial charge in [-0.3, -0.25) is 9.59 Å². The Hall–Kier alpha value is -3.02. The van der Waals surface area contributed by atoms with Crippen LogP contribution in [0.3, 0.4) is 0 Å². The summed E-state index contributed by atoms with van der Waals surface area (Å²) in [7, 11) is 1.47. The molecule has 0 aliphatic rings. The van der Waals surface area contributed by atoms with Gasteiger partial charge in [-0.2, -0.15) is 0 Å². The number of anilines is 1. The van der Waals surface area contributed by atoms with Gasteiger partial charge in [0.2, 0.25) is 0 Å². The van der Waals surface area contributed by atoms with Gasteiger partial charge in [0, 0.05) is 11.3 Å². The summed E-state index contributed by atoms with van der Waals surface area (Å²) in [6, 6.07) is 11.8. The third-order valence-electron chi connectivity index (χ3n) is 3.13. The summed E-state index contributed by atoms with van der Waals surface area (Å²) >= 11 is 0. The van der Waals surface area contributed by atoms with Crippen molar-refractivity contribution in [2.24, 2.45) is 0 Å². The van der Waals surface area contributed by atoms with Crippen molar-refractivity contribution in [1.29, 1.82) is 0 Å². The van der Waals surface area contributed by atoms with Crippen LogP contribution in [0.5, 0.6) is 17.2 Å². The number of rotatable bonds is 8. The van der Waals surface area contributed by atoms with E-state index in [0.29, 0.717) is 35.6 Å². The van der Waals surface area contributed by atoms with Crippen LogP contribution in [0.4, 0.5) is 5.69 Å². The topological polar surface area (TPSA) is 73.9 Å². The first-order valence-electron chi connectivity index (χ1n) is 7.45. The molecule has 2 aromatic carbocycles. The van der Waals surface area contributed by atoms with E-state index in [4.69, 9.17) is 14.2 Å². The molecule has 6 heteroatoms. The van der Waals surface area contributed by atoms with Gasteiger partial charge in [0.25, 0.3) is 5.91 Å². The molecule has 126 valence electrons. The second-order valence-electron chi connectivity index (χ2n) is 4.82. The Bertz CT molecular complexity index is 697. The van der Waals surface area contributed by atoms with Crippen molar-refractivity contribution in [3.63, 3.8) is 0 Å². The second-order valence-corrected chi connectivity index (χ2v) is 4.82. The van der Waals surface area contributed by atoms with E-state index >= 15 is 0 Å². The number of carbonyl (C=O) groups excluding carboxylic acids is 2. The predicted molar refractivity (Wildman–Crippen MR) is 90.1 cm³/mol. The average molecular weight is 329 g/mol. The van der Waals surface area contributed by atoms with E-state index in [1.807, 2.05) is 6.92 Å². The molecule has 0 atom stereocenters. The fraction of sp³-hybridized carbons (Fsp3) is 0.222. The molecule has 6 nitrogen and oxygen atoms in total. The molecule has 0 fully saturated rings. The largest absolute Gasteiger partial charge is 0.494 e. The lowest BCUT2D eigenvalue weighted by Gasteiger charge is -2.11. The zero-order valence-electron chi connectivity index (χ0n) is 13.6. The van der Waals surface area contributed by atoms with Gasteiger partial charge < -0.3 is 19.5 Å². The molecule has 0 unspecified atom stereocenters. The molecular weight excluding hydrogens is 310 g/mol. The normalized spacial score (nSPS) is 9.92. The molecule has 0 spiro atoms. The Morgan fingerprint density at radius 3 is 2.46 bits per heavy atom. The van der Waals surface area contributed by atoms with E-state index in [-0.39, 0.29) is 12.5 Å². The molecule has 0 aromatic heterocycles. The Morgan fingerprint density at radius 2 is 1.83 bits per heavy atom. The highest BCUT2D eigenvalue weighted by molar-refractivity contribution is 5.92. The maximum Gasteiger partial charge on any atom is 0.262 e. The van der Waals surface area contributed by atoms with E-state index in [1.165, 1.54) is 7.11 Å². The minimum atomic E-state index is -0.305. The Labute approximate surface area is 140 Å². The van der Waals surface area contributed by atoms with Crippen LogP contribution < -0.4 is 19.5 Å². The molecule has 0 saturated heterocycles. The number of ether oxygens (including phenoxy) is 3. The van der Waals surface area contributed by atoms with Gasteiger partial charge in [-0.15, -0.1) is 0 Å². The van der Waals surface area contributed by atoms with E-state index in [0.717, 1.165) is 5.75 Å². The summed E-state index contributed by atoms with van der Waals surface area (Å²) in [5, 5.41) is 2.73. The number of methoxy groups -OCH3 is 1. The van der Waals surface area contributed by atoms with Crippen molar-refractivity contribution < 1.29 is 23.8 Å². The van der Waals surface area contributed by atoms with Crippen molar-refractivity contribution in [3.8, 4) is 17.2 Å². The van der Waals surface area contributed by atoms with Crippen LogP contribution in [-0.4, -0.2) is 32.5 Å². The van der Waals surface area contributed by atoms with E-state index < -0.39 is 0 Å². The lowest BCUT2D eigenvalue weighted by atomic mass is 10.2. The molecule has 1 amide bonds. The third kappa shape index (κ3) is 4.74. The first kappa shape index (κ1) is 17.3. The van der Waals surface area contributed by atoms with E-state index in [1.54, 1.807) is 42.5 Å². The number of hydrogen-bond acceptors (Lipinski definition) is 5. The monoisotopic (exact) mass is 329 g/mol. The summed E-state index contributed by atoms with van der Waals surface area (Å²) in [5.41, 5.74) is 1.12. The minimum Gasteiger partial charge on any atom is -0.494 e. The van der Waals surface area contributed by atoms with Crippen LogP contribution in [0, 0.1) is 0 Å². The quantitative estimate of drug-likeness (QED) is 0.754. The third-order valence-corrected chi connectivity index (χ3v) is 3.13. The number of aldehydes is 1. The summed E-state index contributed by atoms with van der Waals surface area (Å²) in [4.78, 5) is 22.7. The van der Waals surface area contributed by atoms with Crippen LogP contribution in [0.2, 0.25) is 0 Å². The number of nitrogens with one attached hydrogen (secondary N) is 1. The van der Waals surface area contributed by atoms with Crippen molar-refractivity contribution in [3.05, 3.63) is 48.0 Å². The Morgan fingerprint density at radius 1 is 1.08 bits per heavy atom. The van der Waals surface area contributed by atoms with Gasteiger partial charge in [0.05, 0.1) is 13.7 Å². The Kier molecular flexibility index (Phi) is 6.19. The zero-order valence-corrected chi connectivity index (χ0v) is 13.6. The lowest BCUT2D eigenvalue weighted by molar-refractivity contribution is -0.118. The highest BCUT2D eigenvalue weighted by atomic mass is 16.5. The average Bonchev–Trinajstić information content (AvgIpc) is 2.61. The van der Waals surface area contributed by atoms with Crippen LogP contribution >= 0.6 is 0 Å². The highest BCUT2D eigenvalue weighted by Gasteiger charge is 2.09. The Balaban J connectivity index is 1.92. The molecule has 0 saturated carbocycles. The van der Waals surface area contributed by atoms with Gasteiger partial charge >= 0.3 is 0 Å². The van der Waals surface area contributed by atoms with Crippen LogP contribution in [0.1, 0.15) is 17.3 Å². The molecule has 0 bridgehead atoms. The van der Waals surface area contributed by atoms with Crippen molar-refractivity contribution >= 4 is 17.9 Å². The van der Waals surface area contributed by atoms with Crippen LogP contribution in [0.15, 0.2) is 42.5 Å². The van der Waals surface area contributed by atoms with Gasteiger partial charge in [0.15, 0.2) is 18.1 Å². The molecule has 0 aliphatic carbocycles. The van der Waals surface area contributed by atoms with Crippen LogP contribution in [0.25, 0.3) is 0 Å². The fourth-order valence-electron chi connectivity index (χ4n) is 2.02. The lowest BCUT2D eigenvalue weighted by Crippen LogP contribution is -2.20. The second kappa shape index (κ2) is 8.57. The SMILES string of the molecule is CCOc1ccc(NC(=O)COc2ccc(C=O)cc2OC)cc1. The predicted octanol–water partition coefficient (Wildman–Crippen LogP) is 2.92. The summed E-state index contributed by atoms with van der Waals surface area (Å²) in [6.45, 7) is 2.32. The standard InChI is InChI=1S/C18H19NO5/c1-3-23-15-7-5-14(6-8-15)19-18(21)12-24-16-9-4-13(11-20)10-17(16)22-2/h4-11H,3,12H2,1-2H3,(H,19,21). The van der Waals surface area contributed by atoms with Gasteiger partial charge in [-0.1, -0.05) is 0 Å². The zero-order chi connectivity index (χ0) is 17.4. The molecular formula is C18H19NO5. The number of amides is 1. The van der Waals surface area contributed by atoms with Crippen molar-refractivity contribution in [2.75, 3.05) is 25.6 Å². The summed E-state index contributed by atoms with van der Waals surface area (Å²) in [5.74, 6) is 1.23. The smallest absolute Gasteiger partial charge is 0.262 e. The molecule has 2 aromatic rings. The number of carbonyl (C=O) groups is 2. The summed E-state index contributed by atoms with van der Waals surface area (Å²) in [6.07, 6.45) is 0.713. The van der Waals surface area contributed by atoms with Crippen LogP contribution in [-0.2, 0) is 4.79 Å². The fourth-order valence-corrected chi connectivity index (χ4v) is 2.02.